The van der Waals surface area contributed by atoms with Crippen LogP contribution in [0.25, 0.3) is 0 Å². The summed E-state index contributed by atoms with van der Waals surface area (Å²) in [5.41, 5.74) is 3.18. The van der Waals surface area contributed by atoms with Gasteiger partial charge in [0.25, 0.3) is 0 Å². The number of pyridine rings is 1. The Hall–Kier alpha value is -3.38. The van der Waals surface area contributed by atoms with Crippen LogP contribution in [0.4, 0.5) is 10.5 Å². The zero-order valence-electron chi connectivity index (χ0n) is 19.3. The minimum absolute atomic E-state index is 0.117. The standard InChI is InChI=1S/C27H32N4O2/c1-20(2)33-25-12-10-21(11-13-25)26(22-7-6-16-28-19-22)31-17-14-24(15-18-31)30-27(32)29-23-8-4-3-5-9-23/h3-13,16,19-20,24,26H,14-15,17-18H2,1-2H3,(H2,29,30,32). The number of para-hydroxylation sites is 1. The van der Waals surface area contributed by atoms with Crippen molar-refractivity contribution in [3.63, 3.8) is 0 Å². The smallest absolute Gasteiger partial charge is 0.319 e. The Morgan fingerprint density at radius 2 is 1.70 bits per heavy atom. The number of hydrogen-bond donors (Lipinski definition) is 2. The van der Waals surface area contributed by atoms with Gasteiger partial charge in [-0.05, 0) is 68.1 Å². The van der Waals surface area contributed by atoms with Gasteiger partial charge in [-0.2, -0.15) is 0 Å². The fourth-order valence-corrected chi connectivity index (χ4v) is 4.33. The van der Waals surface area contributed by atoms with Crippen molar-refractivity contribution in [1.29, 1.82) is 0 Å². The Bertz CT molecular complexity index is 1000. The summed E-state index contributed by atoms with van der Waals surface area (Å²) in [6.45, 7) is 5.84. The number of anilines is 1. The molecule has 0 radical (unpaired) electrons. The maximum Gasteiger partial charge on any atom is 0.319 e. The molecule has 3 aromatic rings. The van der Waals surface area contributed by atoms with Crippen LogP contribution in [0, 0.1) is 0 Å². The summed E-state index contributed by atoms with van der Waals surface area (Å²) >= 11 is 0. The van der Waals surface area contributed by atoms with Crippen molar-refractivity contribution in [1.82, 2.24) is 15.2 Å². The van der Waals surface area contributed by atoms with Crippen molar-refractivity contribution in [3.8, 4) is 5.75 Å². The molecule has 0 spiro atoms. The number of nitrogens with one attached hydrogen (secondary N) is 2. The van der Waals surface area contributed by atoms with Crippen molar-refractivity contribution in [2.75, 3.05) is 18.4 Å². The molecule has 1 aliphatic heterocycles. The number of carbonyl (C=O) groups is 1. The van der Waals surface area contributed by atoms with E-state index in [4.69, 9.17) is 4.74 Å². The highest BCUT2D eigenvalue weighted by Gasteiger charge is 2.28. The predicted molar refractivity (Wildman–Crippen MR) is 131 cm³/mol. The van der Waals surface area contributed by atoms with Gasteiger partial charge in [-0.3, -0.25) is 9.88 Å². The number of likely N-dealkylation sites (tertiary alicyclic amines) is 1. The zero-order valence-corrected chi connectivity index (χ0v) is 19.3. The van der Waals surface area contributed by atoms with E-state index in [1.165, 1.54) is 11.1 Å². The maximum atomic E-state index is 12.4. The molecule has 6 heteroatoms. The molecule has 2 heterocycles. The number of rotatable bonds is 7. The number of ether oxygens (including phenoxy) is 1. The summed E-state index contributed by atoms with van der Waals surface area (Å²) in [5, 5.41) is 6.04. The SMILES string of the molecule is CC(C)Oc1ccc(C(c2cccnc2)N2CCC(NC(=O)Nc3ccccc3)CC2)cc1. The van der Waals surface area contributed by atoms with Gasteiger partial charge in [0, 0.05) is 37.2 Å². The Labute approximate surface area is 196 Å². The number of carbonyl (C=O) groups excluding carboxylic acids is 1. The topological polar surface area (TPSA) is 66.5 Å². The van der Waals surface area contributed by atoms with Crippen LogP contribution in [0.3, 0.4) is 0 Å². The maximum absolute atomic E-state index is 12.4. The zero-order chi connectivity index (χ0) is 23.0. The first-order valence-corrected chi connectivity index (χ1v) is 11.6. The molecule has 1 unspecified atom stereocenters. The number of piperidine rings is 1. The van der Waals surface area contributed by atoms with Crippen LogP contribution >= 0.6 is 0 Å². The van der Waals surface area contributed by atoms with Crippen LogP contribution in [0.1, 0.15) is 43.9 Å². The summed E-state index contributed by atoms with van der Waals surface area (Å²) in [6, 6.07) is 22.1. The second-order valence-corrected chi connectivity index (χ2v) is 8.70. The van der Waals surface area contributed by atoms with Crippen LogP contribution in [0.15, 0.2) is 79.1 Å². The molecule has 2 amide bonds. The van der Waals surface area contributed by atoms with E-state index in [0.29, 0.717) is 0 Å². The van der Waals surface area contributed by atoms with Gasteiger partial charge >= 0.3 is 6.03 Å². The first kappa shape index (κ1) is 22.8. The lowest BCUT2D eigenvalue weighted by atomic mass is 9.94. The number of benzene rings is 2. The average Bonchev–Trinajstić information content (AvgIpc) is 2.82. The molecule has 6 nitrogen and oxygen atoms in total. The van der Waals surface area contributed by atoms with Crippen molar-refractivity contribution < 1.29 is 9.53 Å². The van der Waals surface area contributed by atoms with E-state index in [-0.39, 0.29) is 24.2 Å². The van der Waals surface area contributed by atoms with E-state index in [2.05, 4.69) is 38.7 Å². The summed E-state index contributed by atoms with van der Waals surface area (Å²) in [5.74, 6) is 0.881. The van der Waals surface area contributed by atoms with E-state index in [0.717, 1.165) is 37.4 Å². The molecule has 1 aromatic heterocycles. The van der Waals surface area contributed by atoms with Crippen molar-refractivity contribution in [2.45, 2.75) is 44.9 Å². The van der Waals surface area contributed by atoms with E-state index < -0.39 is 0 Å². The van der Waals surface area contributed by atoms with Crippen LogP contribution in [0.5, 0.6) is 5.75 Å². The number of aromatic nitrogens is 1. The lowest BCUT2D eigenvalue weighted by molar-refractivity contribution is 0.164. The van der Waals surface area contributed by atoms with E-state index in [9.17, 15) is 4.79 Å². The summed E-state index contributed by atoms with van der Waals surface area (Å²) in [4.78, 5) is 19.2. The third-order valence-corrected chi connectivity index (χ3v) is 5.83. The van der Waals surface area contributed by atoms with Gasteiger partial charge in [0.15, 0.2) is 0 Å². The molecule has 2 aromatic carbocycles. The monoisotopic (exact) mass is 444 g/mol. The predicted octanol–water partition coefficient (Wildman–Crippen LogP) is 5.24. The van der Waals surface area contributed by atoms with Gasteiger partial charge in [0.1, 0.15) is 5.75 Å². The molecule has 33 heavy (non-hydrogen) atoms. The molecule has 1 aliphatic rings. The largest absolute Gasteiger partial charge is 0.491 e. The fraction of sp³-hybridized carbons (Fsp3) is 0.333. The van der Waals surface area contributed by atoms with Crippen molar-refractivity contribution >= 4 is 11.7 Å². The minimum atomic E-state index is -0.149. The lowest BCUT2D eigenvalue weighted by Gasteiger charge is -2.38. The second kappa shape index (κ2) is 11.0. The first-order valence-electron chi connectivity index (χ1n) is 11.6. The molecular formula is C27H32N4O2. The first-order chi connectivity index (χ1) is 16.1. The van der Waals surface area contributed by atoms with E-state index >= 15 is 0 Å². The van der Waals surface area contributed by atoms with Crippen LogP contribution in [0.2, 0.25) is 0 Å². The highest BCUT2D eigenvalue weighted by Crippen LogP contribution is 2.32. The minimum Gasteiger partial charge on any atom is -0.491 e. The highest BCUT2D eigenvalue weighted by atomic mass is 16.5. The normalized spacial score (nSPS) is 15.7. The molecule has 1 fully saturated rings. The van der Waals surface area contributed by atoms with Gasteiger partial charge in [-0.15, -0.1) is 0 Å². The lowest BCUT2D eigenvalue weighted by Crippen LogP contribution is -2.47. The summed E-state index contributed by atoms with van der Waals surface area (Å²) in [6.07, 6.45) is 5.69. The van der Waals surface area contributed by atoms with Crippen LogP contribution in [-0.4, -0.2) is 41.2 Å². The molecule has 2 N–H and O–H groups in total. The summed E-state index contributed by atoms with van der Waals surface area (Å²) < 4.78 is 5.82. The Balaban J connectivity index is 1.41. The average molecular weight is 445 g/mol. The van der Waals surface area contributed by atoms with Crippen LogP contribution in [-0.2, 0) is 0 Å². The number of nitrogens with zero attached hydrogens (tertiary/aromatic N) is 2. The van der Waals surface area contributed by atoms with Crippen molar-refractivity contribution in [3.05, 3.63) is 90.3 Å². The van der Waals surface area contributed by atoms with Gasteiger partial charge in [0.05, 0.1) is 12.1 Å². The van der Waals surface area contributed by atoms with Gasteiger partial charge in [-0.25, -0.2) is 4.79 Å². The van der Waals surface area contributed by atoms with E-state index in [1.807, 2.05) is 74.8 Å². The van der Waals surface area contributed by atoms with Gasteiger partial charge in [0.2, 0.25) is 0 Å². The van der Waals surface area contributed by atoms with Crippen LogP contribution < -0.4 is 15.4 Å². The molecule has 172 valence electrons. The molecule has 1 atom stereocenters. The molecule has 0 aliphatic carbocycles. The van der Waals surface area contributed by atoms with Gasteiger partial charge < -0.3 is 15.4 Å². The Morgan fingerprint density at radius 3 is 2.33 bits per heavy atom. The molecule has 0 bridgehead atoms. The fourth-order valence-electron chi connectivity index (χ4n) is 4.33. The quantitative estimate of drug-likeness (QED) is 0.523. The summed E-state index contributed by atoms with van der Waals surface area (Å²) in [7, 11) is 0. The Kier molecular flexibility index (Phi) is 7.58. The van der Waals surface area contributed by atoms with Gasteiger partial charge in [-0.1, -0.05) is 36.4 Å². The van der Waals surface area contributed by atoms with E-state index in [1.54, 1.807) is 0 Å². The third-order valence-electron chi connectivity index (χ3n) is 5.83. The molecule has 1 saturated heterocycles. The Morgan fingerprint density at radius 1 is 0.970 bits per heavy atom. The number of hydrogen-bond acceptors (Lipinski definition) is 4. The third kappa shape index (κ3) is 6.33. The highest BCUT2D eigenvalue weighted by molar-refractivity contribution is 5.89. The molecule has 0 saturated carbocycles. The second-order valence-electron chi connectivity index (χ2n) is 8.70. The number of amides is 2. The number of urea groups is 1. The molecular weight excluding hydrogens is 412 g/mol. The van der Waals surface area contributed by atoms with Crippen molar-refractivity contribution in [2.24, 2.45) is 0 Å². The molecule has 4 rings (SSSR count).